The van der Waals surface area contributed by atoms with Gasteiger partial charge in [0.15, 0.2) is 5.13 Å². The summed E-state index contributed by atoms with van der Waals surface area (Å²) < 4.78 is 33.6. The van der Waals surface area contributed by atoms with Crippen LogP contribution in [0.3, 0.4) is 0 Å². The third kappa shape index (κ3) is 6.79. The lowest BCUT2D eigenvalue weighted by Crippen LogP contribution is -2.35. The smallest absolute Gasteiger partial charge is 0.309 e. The molecule has 2 N–H and O–H groups in total. The van der Waals surface area contributed by atoms with Crippen LogP contribution in [-0.4, -0.2) is 47.8 Å². The number of halogens is 2. The van der Waals surface area contributed by atoms with Crippen LogP contribution in [0.15, 0.2) is 53.4 Å². The number of nitrogens with one attached hydrogen (secondary N) is 1. The number of rotatable bonds is 9. The molecule has 0 aliphatic carbocycles. The zero-order valence-electron chi connectivity index (χ0n) is 19.4. The number of carboxylic acid groups (broad SMARTS) is 1. The van der Waals surface area contributed by atoms with E-state index in [1.807, 2.05) is 0 Å². The second-order valence-electron chi connectivity index (χ2n) is 8.28. The highest BCUT2D eigenvalue weighted by atomic mass is 35.5. The second kappa shape index (κ2) is 11.8. The number of carboxylic acids is 1. The van der Waals surface area contributed by atoms with E-state index >= 15 is 0 Å². The number of hydrogen-bond donors (Lipinski definition) is 2. The van der Waals surface area contributed by atoms with E-state index in [1.54, 1.807) is 24.3 Å². The molecule has 1 aliphatic heterocycles. The summed E-state index contributed by atoms with van der Waals surface area (Å²) in [6.45, 7) is 0.962. The maximum Gasteiger partial charge on any atom is 0.309 e. The van der Waals surface area contributed by atoms with Crippen molar-refractivity contribution in [1.29, 1.82) is 0 Å². The van der Waals surface area contributed by atoms with Gasteiger partial charge in [0, 0.05) is 23.7 Å². The van der Waals surface area contributed by atoms with Gasteiger partial charge >= 0.3 is 5.97 Å². The second-order valence-corrected chi connectivity index (χ2v) is 12.3. The van der Waals surface area contributed by atoms with Crippen LogP contribution < -0.4 is 10.1 Å². The van der Waals surface area contributed by atoms with Crippen LogP contribution in [0.2, 0.25) is 9.36 Å². The van der Waals surface area contributed by atoms with Crippen molar-refractivity contribution in [3.05, 3.63) is 69.1 Å². The Kier molecular flexibility index (Phi) is 8.71. The molecular weight excluding hydrogens is 561 g/mol. The number of nitrogens with zero attached hydrogens (tertiary/aromatic N) is 2. The van der Waals surface area contributed by atoms with E-state index in [-0.39, 0.29) is 26.5 Å². The number of hydrogen-bond acceptors (Lipinski definition) is 7. The molecule has 0 bridgehead atoms. The lowest BCUT2D eigenvalue weighted by atomic mass is 10.1. The fourth-order valence-corrected chi connectivity index (χ4v) is 6.49. The standard InChI is InChI=1S/C24H23Cl2N3O6S2/c25-16-6-8-17(9-7-16)35-21(23(32)28-24-27-19(14-20(30)31)22(26)36-24)15-4-10-18(11-5-15)37(33,34)29-12-2-1-3-13-29/h4-11,21H,1-3,12-14H2,(H,30,31)(H,27,28,32). The average Bonchev–Trinajstić information content (AvgIpc) is 3.21. The zero-order chi connectivity index (χ0) is 26.6. The lowest BCUT2D eigenvalue weighted by molar-refractivity contribution is -0.136. The molecule has 3 aromatic rings. The summed E-state index contributed by atoms with van der Waals surface area (Å²) in [5.41, 5.74) is 0.537. The van der Waals surface area contributed by atoms with Gasteiger partial charge in [-0.25, -0.2) is 13.4 Å². The van der Waals surface area contributed by atoms with Crippen LogP contribution in [0.5, 0.6) is 5.75 Å². The molecule has 9 nitrogen and oxygen atoms in total. The van der Waals surface area contributed by atoms with Gasteiger partial charge in [0.05, 0.1) is 17.0 Å². The Balaban J connectivity index is 1.60. The van der Waals surface area contributed by atoms with E-state index in [1.165, 1.54) is 28.6 Å². The molecule has 2 aromatic carbocycles. The number of aliphatic carboxylic acids is 1. The number of piperidine rings is 1. The normalized spacial score (nSPS) is 15.2. The van der Waals surface area contributed by atoms with Crippen LogP contribution in [-0.2, 0) is 26.0 Å². The Labute approximate surface area is 228 Å². The van der Waals surface area contributed by atoms with E-state index in [0.717, 1.165) is 30.6 Å². The van der Waals surface area contributed by atoms with Gasteiger partial charge in [0.25, 0.3) is 5.91 Å². The molecule has 37 heavy (non-hydrogen) atoms. The third-order valence-electron chi connectivity index (χ3n) is 5.64. The number of thiazole rings is 1. The van der Waals surface area contributed by atoms with Gasteiger partial charge < -0.3 is 9.84 Å². The molecule has 0 radical (unpaired) electrons. The highest BCUT2D eigenvalue weighted by molar-refractivity contribution is 7.89. The van der Waals surface area contributed by atoms with E-state index in [9.17, 15) is 18.0 Å². The van der Waals surface area contributed by atoms with E-state index in [4.69, 9.17) is 33.0 Å². The first-order chi connectivity index (χ1) is 17.6. The average molecular weight is 585 g/mol. The first-order valence-electron chi connectivity index (χ1n) is 11.3. The quantitative estimate of drug-likeness (QED) is 0.362. The van der Waals surface area contributed by atoms with Crippen molar-refractivity contribution in [2.45, 2.75) is 36.7 Å². The SMILES string of the molecule is O=C(O)Cc1nc(NC(=O)C(Oc2ccc(Cl)cc2)c2ccc(S(=O)(=O)N3CCCCC3)cc2)sc1Cl. The molecule has 1 saturated heterocycles. The van der Waals surface area contributed by atoms with Gasteiger partial charge in [-0.1, -0.05) is 53.1 Å². The van der Waals surface area contributed by atoms with Crippen LogP contribution >= 0.6 is 34.5 Å². The van der Waals surface area contributed by atoms with Crippen molar-refractivity contribution in [2.24, 2.45) is 0 Å². The van der Waals surface area contributed by atoms with E-state index < -0.39 is 28.0 Å². The first-order valence-corrected chi connectivity index (χ1v) is 14.3. The molecule has 1 fully saturated rings. The number of anilines is 1. The van der Waals surface area contributed by atoms with Crippen LogP contribution in [0.1, 0.15) is 36.6 Å². The van der Waals surface area contributed by atoms with Gasteiger partial charge in [0.1, 0.15) is 10.1 Å². The highest BCUT2D eigenvalue weighted by Gasteiger charge is 2.28. The lowest BCUT2D eigenvalue weighted by Gasteiger charge is -2.26. The van der Waals surface area contributed by atoms with E-state index in [0.29, 0.717) is 29.4 Å². The van der Waals surface area contributed by atoms with E-state index in [2.05, 4.69) is 10.3 Å². The molecule has 2 heterocycles. The molecule has 0 spiro atoms. The third-order valence-corrected chi connectivity index (χ3v) is 9.06. The molecule has 1 aliphatic rings. The first kappa shape index (κ1) is 27.3. The summed E-state index contributed by atoms with van der Waals surface area (Å²) in [5.74, 6) is -1.35. The van der Waals surface area contributed by atoms with Crippen molar-refractivity contribution in [3.8, 4) is 5.75 Å². The maximum absolute atomic E-state index is 13.3. The molecule has 1 amide bonds. The predicted molar refractivity (Wildman–Crippen MR) is 141 cm³/mol. The van der Waals surface area contributed by atoms with Gasteiger partial charge in [-0.2, -0.15) is 4.31 Å². The monoisotopic (exact) mass is 583 g/mol. The summed E-state index contributed by atoms with van der Waals surface area (Å²) in [5, 5.41) is 12.2. The molecule has 1 atom stereocenters. The Morgan fingerprint density at radius 2 is 1.70 bits per heavy atom. The highest BCUT2D eigenvalue weighted by Crippen LogP contribution is 2.31. The fraction of sp³-hybridized carbons (Fsp3) is 0.292. The summed E-state index contributed by atoms with van der Waals surface area (Å²) in [4.78, 5) is 28.5. The Bertz CT molecular complexity index is 1370. The minimum Gasteiger partial charge on any atom is -0.481 e. The number of sulfonamides is 1. The predicted octanol–water partition coefficient (Wildman–Crippen LogP) is 5.01. The van der Waals surface area contributed by atoms with Crippen molar-refractivity contribution >= 4 is 61.6 Å². The number of benzene rings is 2. The summed E-state index contributed by atoms with van der Waals surface area (Å²) in [6.07, 6.45) is 1.08. The van der Waals surface area contributed by atoms with Crippen molar-refractivity contribution in [3.63, 3.8) is 0 Å². The summed E-state index contributed by atoms with van der Waals surface area (Å²) in [6, 6.07) is 12.4. The summed E-state index contributed by atoms with van der Waals surface area (Å²) >= 11 is 13.0. The van der Waals surface area contributed by atoms with Crippen LogP contribution in [0.25, 0.3) is 0 Å². The Hall–Kier alpha value is -2.70. The molecule has 196 valence electrons. The fourth-order valence-electron chi connectivity index (χ4n) is 3.80. The molecular formula is C24H23Cl2N3O6S2. The number of carbonyl (C=O) groups is 2. The largest absolute Gasteiger partial charge is 0.481 e. The maximum atomic E-state index is 13.3. The minimum absolute atomic E-state index is 0.111. The Morgan fingerprint density at radius 3 is 2.32 bits per heavy atom. The van der Waals surface area contributed by atoms with Crippen molar-refractivity contribution in [1.82, 2.24) is 9.29 Å². The van der Waals surface area contributed by atoms with Gasteiger partial charge in [0.2, 0.25) is 16.1 Å². The number of amides is 1. The van der Waals surface area contributed by atoms with Gasteiger partial charge in [-0.05, 0) is 49.2 Å². The van der Waals surface area contributed by atoms with Crippen molar-refractivity contribution < 1.29 is 27.9 Å². The van der Waals surface area contributed by atoms with Gasteiger partial charge in [-0.3, -0.25) is 14.9 Å². The number of ether oxygens (including phenoxy) is 1. The number of carbonyl (C=O) groups excluding carboxylic acids is 1. The molecule has 0 saturated carbocycles. The van der Waals surface area contributed by atoms with Crippen molar-refractivity contribution in [2.75, 3.05) is 18.4 Å². The van der Waals surface area contributed by atoms with Crippen LogP contribution in [0, 0.1) is 0 Å². The molecule has 1 unspecified atom stereocenters. The van der Waals surface area contributed by atoms with Crippen LogP contribution in [0.4, 0.5) is 5.13 Å². The number of aromatic nitrogens is 1. The molecule has 13 heteroatoms. The molecule has 4 rings (SSSR count). The van der Waals surface area contributed by atoms with Gasteiger partial charge in [-0.15, -0.1) is 0 Å². The molecule has 1 aromatic heterocycles. The summed E-state index contributed by atoms with van der Waals surface area (Å²) in [7, 11) is -3.64. The topological polar surface area (TPSA) is 126 Å². The Morgan fingerprint density at radius 1 is 1.05 bits per heavy atom. The minimum atomic E-state index is -3.64. The zero-order valence-corrected chi connectivity index (χ0v) is 22.5.